The van der Waals surface area contributed by atoms with Gasteiger partial charge >= 0.3 is 0 Å². The van der Waals surface area contributed by atoms with Crippen molar-refractivity contribution in [3.8, 4) is 11.3 Å². The van der Waals surface area contributed by atoms with Gasteiger partial charge in [0.2, 0.25) is 11.8 Å². The lowest BCUT2D eigenvalue weighted by molar-refractivity contribution is -0.123. The highest BCUT2D eigenvalue weighted by Gasteiger charge is 2.15. The Hall–Kier alpha value is -2.99. The summed E-state index contributed by atoms with van der Waals surface area (Å²) in [6.45, 7) is 5.95. The number of thiazole rings is 1. The number of rotatable bonds is 7. The molecule has 150 valence electrons. The van der Waals surface area contributed by atoms with Crippen LogP contribution in [0, 0.1) is 13.8 Å². The molecule has 0 radical (unpaired) electrons. The van der Waals surface area contributed by atoms with Gasteiger partial charge in [-0.3, -0.25) is 9.59 Å². The molecule has 2 amide bonds. The van der Waals surface area contributed by atoms with Crippen molar-refractivity contribution in [3.63, 3.8) is 0 Å². The number of para-hydroxylation sites is 1. The van der Waals surface area contributed by atoms with Crippen molar-refractivity contribution < 1.29 is 9.59 Å². The molecule has 0 spiro atoms. The van der Waals surface area contributed by atoms with Gasteiger partial charge in [-0.15, -0.1) is 11.3 Å². The van der Waals surface area contributed by atoms with E-state index in [1.807, 2.05) is 69.3 Å². The summed E-state index contributed by atoms with van der Waals surface area (Å²) in [5.74, 6) is -0.431. The van der Waals surface area contributed by atoms with Crippen LogP contribution in [0.1, 0.15) is 27.9 Å². The van der Waals surface area contributed by atoms with Crippen LogP contribution in [0.4, 0.5) is 5.69 Å². The first-order valence-corrected chi connectivity index (χ1v) is 10.5. The van der Waals surface area contributed by atoms with E-state index in [4.69, 9.17) is 0 Å². The molecule has 0 aliphatic heterocycles. The summed E-state index contributed by atoms with van der Waals surface area (Å²) < 4.78 is 0. The van der Waals surface area contributed by atoms with Crippen LogP contribution in [0.3, 0.4) is 0 Å². The number of carbonyl (C=O) groups excluding carboxylic acids is 2. The number of anilines is 1. The molecule has 5 nitrogen and oxygen atoms in total. The number of aryl methyl sites for hydroxylation is 3. The van der Waals surface area contributed by atoms with Gasteiger partial charge in [0.15, 0.2) is 0 Å². The predicted octanol–water partition coefficient (Wildman–Crippen LogP) is 4.29. The van der Waals surface area contributed by atoms with Crippen LogP contribution in [0.2, 0.25) is 0 Å². The molecule has 2 N–H and O–H groups in total. The van der Waals surface area contributed by atoms with Crippen LogP contribution >= 0.6 is 11.3 Å². The third-order valence-corrected chi connectivity index (χ3v) is 5.54. The van der Waals surface area contributed by atoms with Crippen molar-refractivity contribution in [3.05, 3.63) is 69.5 Å². The van der Waals surface area contributed by atoms with Crippen LogP contribution in [0.15, 0.2) is 48.5 Å². The van der Waals surface area contributed by atoms with E-state index < -0.39 is 0 Å². The summed E-state index contributed by atoms with van der Waals surface area (Å²) in [6, 6.07) is 15.8. The van der Waals surface area contributed by atoms with Crippen molar-refractivity contribution in [1.82, 2.24) is 10.3 Å². The minimum atomic E-state index is -0.238. The molecule has 0 aliphatic carbocycles. The minimum Gasteiger partial charge on any atom is -0.347 e. The number of benzene rings is 2. The molecule has 3 rings (SSSR count). The largest absolute Gasteiger partial charge is 0.347 e. The summed E-state index contributed by atoms with van der Waals surface area (Å²) in [4.78, 5) is 30.1. The first-order valence-electron chi connectivity index (χ1n) is 9.64. The number of hydrogen-bond acceptors (Lipinski definition) is 4. The molecule has 0 saturated carbocycles. The van der Waals surface area contributed by atoms with E-state index in [9.17, 15) is 9.59 Å². The second-order valence-corrected chi connectivity index (χ2v) is 8.17. The van der Waals surface area contributed by atoms with Gasteiger partial charge in [0.05, 0.1) is 23.7 Å². The zero-order valence-corrected chi connectivity index (χ0v) is 17.7. The van der Waals surface area contributed by atoms with Gasteiger partial charge in [0, 0.05) is 16.1 Å². The average Bonchev–Trinajstić information content (AvgIpc) is 3.07. The summed E-state index contributed by atoms with van der Waals surface area (Å²) >= 11 is 1.51. The van der Waals surface area contributed by atoms with Crippen molar-refractivity contribution in [2.24, 2.45) is 0 Å². The zero-order chi connectivity index (χ0) is 20.8. The Labute approximate surface area is 175 Å². The topological polar surface area (TPSA) is 71.1 Å². The summed E-state index contributed by atoms with van der Waals surface area (Å²) in [5, 5.41) is 6.49. The van der Waals surface area contributed by atoms with E-state index in [-0.39, 0.29) is 24.8 Å². The maximum absolute atomic E-state index is 12.4. The van der Waals surface area contributed by atoms with Gasteiger partial charge in [0.25, 0.3) is 0 Å². The molecular formula is C23H25N3O2S. The molecule has 29 heavy (non-hydrogen) atoms. The van der Waals surface area contributed by atoms with Gasteiger partial charge < -0.3 is 10.6 Å². The second kappa shape index (κ2) is 9.47. The van der Waals surface area contributed by atoms with Gasteiger partial charge in [-0.1, -0.05) is 55.0 Å². The Morgan fingerprint density at radius 1 is 1.00 bits per heavy atom. The number of nitrogens with zero attached hydrogens (tertiary/aromatic N) is 1. The van der Waals surface area contributed by atoms with E-state index >= 15 is 0 Å². The Morgan fingerprint density at radius 3 is 2.45 bits per heavy atom. The van der Waals surface area contributed by atoms with Crippen LogP contribution in [-0.4, -0.2) is 23.3 Å². The Kier molecular flexibility index (Phi) is 6.77. The summed E-state index contributed by atoms with van der Waals surface area (Å²) in [7, 11) is 0. The molecule has 0 atom stereocenters. The fraction of sp³-hybridized carbons (Fsp3) is 0.261. The SMILES string of the molecule is CCc1ccccc1NC(=O)CNC(=O)Cc1sc(C)nc1-c1ccc(C)cc1. The predicted molar refractivity (Wildman–Crippen MR) is 118 cm³/mol. The lowest BCUT2D eigenvalue weighted by atomic mass is 10.1. The number of carbonyl (C=O) groups is 2. The normalized spacial score (nSPS) is 10.6. The van der Waals surface area contributed by atoms with E-state index in [0.717, 1.165) is 38.8 Å². The van der Waals surface area contributed by atoms with Crippen LogP contribution in [-0.2, 0) is 22.4 Å². The van der Waals surface area contributed by atoms with Crippen molar-refractivity contribution >= 4 is 28.8 Å². The van der Waals surface area contributed by atoms with Gasteiger partial charge in [0.1, 0.15) is 0 Å². The monoisotopic (exact) mass is 407 g/mol. The lowest BCUT2D eigenvalue weighted by Crippen LogP contribution is -2.33. The highest BCUT2D eigenvalue weighted by Crippen LogP contribution is 2.28. The molecule has 0 aliphatic rings. The lowest BCUT2D eigenvalue weighted by Gasteiger charge is -2.10. The van der Waals surface area contributed by atoms with Gasteiger partial charge in [-0.05, 0) is 31.9 Å². The molecule has 3 aromatic rings. The molecule has 2 aromatic carbocycles. The second-order valence-electron chi connectivity index (χ2n) is 6.88. The first kappa shape index (κ1) is 20.7. The molecular weight excluding hydrogens is 382 g/mol. The Bertz CT molecular complexity index is 1010. The molecule has 0 bridgehead atoms. The van der Waals surface area contributed by atoms with E-state index in [1.165, 1.54) is 16.9 Å². The highest BCUT2D eigenvalue weighted by molar-refractivity contribution is 7.12. The van der Waals surface area contributed by atoms with Crippen molar-refractivity contribution in [1.29, 1.82) is 0 Å². The molecule has 0 fully saturated rings. The van der Waals surface area contributed by atoms with Crippen LogP contribution < -0.4 is 10.6 Å². The van der Waals surface area contributed by atoms with Crippen molar-refractivity contribution in [2.45, 2.75) is 33.6 Å². The molecule has 0 saturated heterocycles. The number of nitrogens with one attached hydrogen (secondary N) is 2. The number of aromatic nitrogens is 1. The highest BCUT2D eigenvalue weighted by atomic mass is 32.1. The van der Waals surface area contributed by atoms with E-state index in [1.54, 1.807) is 0 Å². The average molecular weight is 408 g/mol. The van der Waals surface area contributed by atoms with E-state index in [2.05, 4.69) is 15.6 Å². The quantitative estimate of drug-likeness (QED) is 0.614. The fourth-order valence-electron chi connectivity index (χ4n) is 3.06. The van der Waals surface area contributed by atoms with Crippen molar-refractivity contribution in [2.75, 3.05) is 11.9 Å². The standard InChI is InChI=1S/C23H25N3O2S/c1-4-17-7-5-6-8-19(17)26-22(28)14-24-21(27)13-20-23(25-16(3)29-20)18-11-9-15(2)10-12-18/h5-12H,4,13-14H2,1-3H3,(H,24,27)(H,26,28). The van der Waals surface area contributed by atoms with Crippen LogP contribution in [0.5, 0.6) is 0 Å². The maximum Gasteiger partial charge on any atom is 0.243 e. The van der Waals surface area contributed by atoms with Crippen LogP contribution in [0.25, 0.3) is 11.3 Å². The number of amides is 2. The Balaban J connectivity index is 1.60. The van der Waals surface area contributed by atoms with Gasteiger partial charge in [-0.25, -0.2) is 4.98 Å². The fourth-order valence-corrected chi connectivity index (χ4v) is 4.02. The summed E-state index contributed by atoms with van der Waals surface area (Å²) in [5.41, 5.74) is 4.86. The molecule has 1 aromatic heterocycles. The number of hydrogen-bond donors (Lipinski definition) is 2. The maximum atomic E-state index is 12.4. The summed E-state index contributed by atoms with van der Waals surface area (Å²) in [6.07, 6.45) is 1.03. The molecule has 6 heteroatoms. The third kappa shape index (κ3) is 5.51. The Morgan fingerprint density at radius 2 is 1.72 bits per heavy atom. The molecule has 1 heterocycles. The first-order chi connectivity index (χ1) is 14.0. The molecule has 0 unspecified atom stereocenters. The van der Waals surface area contributed by atoms with E-state index in [0.29, 0.717) is 0 Å². The minimum absolute atomic E-state index is 0.0610. The smallest absolute Gasteiger partial charge is 0.243 e. The third-order valence-electron chi connectivity index (χ3n) is 4.57. The zero-order valence-electron chi connectivity index (χ0n) is 16.9. The van der Waals surface area contributed by atoms with Gasteiger partial charge in [-0.2, -0.15) is 0 Å².